The number of carboxylic acid groups (broad SMARTS) is 1. The van der Waals surface area contributed by atoms with Gasteiger partial charge in [0.2, 0.25) is 0 Å². The number of nitrogens with zero attached hydrogens (tertiary/aromatic N) is 2. The molecule has 0 aliphatic carbocycles. The Hall–Kier alpha value is -1.63. The SMILES string of the molecule is O=C(O)CC1CN(C(=O)NCCc2cscn2)C1. The number of carbonyl (C=O) groups excluding carboxylic acids is 1. The molecule has 6 nitrogen and oxygen atoms in total. The molecule has 0 bridgehead atoms. The Balaban J connectivity index is 1.60. The average Bonchev–Trinajstić information content (AvgIpc) is 2.75. The summed E-state index contributed by atoms with van der Waals surface area (Å²) in [6.45, 7) is 1.63. The Bertz CT molecular complexity index is 415. The molecule has 0 aromatic carbocycles. The van der Waals surface area contributed by atoms with Crippen molar-refractivity contribution < 1.29 is 14.7 Å². The van der Waals surface area contributed by atoms with Gasteiger partial charge in [0.05, 0.1) is 17.6 Å². The molecule has 1 aliphatic rings. The maximum Gasteiger partial charge on any atom is 0.317 e. The highest BCUT2D eigenvalue weighted by Crippen LogP contribution is 2.18. The lowest BCUT2D eigenvalue weighted by Crippen LogP contribution is -2.54. The van der Waals surface area contributed by atoms with Crippen LogP contribution in [0.3, 0.4) is 0 Å². The van der Waals surface area contributed by atoms with Crippen LogP contribution in [0.4, 0.5) is 4.79 Å². The summed E-state index contributed by atoms with van der Waals surface area (Å²) < 4.78 is 0. The largest absolute Gasteiger partial charge is 0.481 e. The van der Waals surface area contributed by atoms with E-state index in [1.165, 1.54) is 11.3 Å². The smallest absolute Gasteiger partial charge is 0.317 e. The number of rotatable bonds is 5. The first-order valence-electron chi connectivity index (χ1n) is 5.77. The Kier molecular flexibility index (Phi) is 4.14. The monoisotopic (exact) mass is 269 g/mol. The predicted molar refractivity (Wildman–Crippen MR) is 66.5 cm³/mol. The maximum atomic E-state index is 11.6. The fraction of sp³-hybridized carbons (Fsp3) is 0.545. The van der Waals surface area contributed by atoms with Crippen molar-refractivity contribution in [2.75, 3.05) is 19.6 Å². The Morgan fingerprint density at radius 2 is 2.33 bits per heavy atom. The van der Waals surface area contributed by atoms with Crippen LogP contribution in [0.1, 0.15) is 12.1 Å². The van der Waals surface area contributed by atoms with Crippen LogP contribution in [0.5, 0.6) is 0 Å². The van der Waals surface area contributed by atoms with Crippen molar-refractivity contribution in [2.45, 2.75) is 12.8 Å². The number of aromatic nitrogens is 1. The van der Waals surface area contributed by atoms with Crippen molar-refractivity contribution in [3.63, 3.8) is 0 Å². The quantitative estimate of drug-likeness (QED) is 0.828. The molecule has 1 aliphatic heterocycles. The normalized spacial score (nSPS) is 15.2. The van der Waals surface area contributed by atoms with Crippen LogP contribution in [-0.2, 0) is 11.2 Å². The summed E-state index contributed by atoms with van der Waals surface area (Å²) in [4.78, 5) is 27.9. The molecule has 2 amide bonds. The van der Waals surface area contributed by atoms with E-state index in [0.717, 1.165) is 12.1 Å². The molecule has 2 rings (SSSR count). The summed E-state index contributed by atoms with van der Waals surface area (Å²) in [7, 11) is 0. The number of hydrogen-bond acceptors (Lipinski definition) is 4. The zero-order chi connectivity index (χ0) is 13.0. The molecular formula is C11H15N3O3S. The average molecular weight is 269 g/mol. The van der Waals surface area contributed by atoms with Crippen LogP contribution in [0.2, 0.25) is 0 Å². The lowest BCUT2D eigenvalue weighted by molar-refractivity contribution is -0.139. The van der Waals surface area contributed by atoms with Crippen molar-refractivity contribution in [3.8, 4) is 0 Å². The molecule has 0 saturated carbocycles. The van der Waals surface area contributed by atoms with Gasteiger partial charge in [0, 0.05) is 37.4 Å². The van der Waals surface area contributed by atoms with E-state index in [1.807, 2.05) is 5.38 Å². The number of thiazole rings is 1. The number of urea groups is 1. The van der Waals surface area contributed by atoms with Crippen LogP contribution < -0.4 is 5.32 Å². The van der Waals surface area contributed by atoms with Gasteiger partial charge in [0.15, 0.2) is 0 Å². The third-order valence-electron chi connectivity index (χ3n) is 2.85. The number of amides is 2. The molecule has 0 radical (unpaired) electrons. The molecule has 1 saturated heterocycles. The van der Waals surface area contributed by atoms with Gasteiger partial charge in [0.25, 0.3) is 0 Å². The molecular weight excluding hydrogens is 254 g/mol. The van der Waals surface area contributed by atoms with E-state index >= 15 is 0 Å². The minimum absolute atomic E-state index is 0.104. The lowest BCUT2D eigenvalue weighted by atomic mass is 9.97. The molecule has 2 N–H and O–H groups in total. The van der Waals surface area contributed by atoms with E-state index in [2.05, 4.69) is 10.3 Å². The number of aliphatic carboxylic acids is 1. The van der Waals surface area contributed by atoms with Gasteiger partial charge in [-0.1, -0.05) is 0 Å². The minimum Gasteiger partial charge on any atom is -0.481 e. The van der Waals surface area contributed by atoms with E-state index in [0.29, 0.717) is 19.6 Å². The number of likely N-dealkylation sites (tertiary alicyclic amines) is 1. The van der Waals surface area contributed by atoms with Crippen molar-refractivity contribution in [1.29, 1.82) is 0 Å². The fourth-order valence-corrected chi connectivity index (χ4v) is 2.47. The number of hydrogen-bond donors (Lipinski definition) is 2. The molecule has 0 atom stereocenters. The topological polar surface area (TPSA) is 82.5 Å². The molecule has 1 fully saturated rings. The third-order valence-corrected chi connectivity index (χ3v) is 3.48. The summed E-state index contributed by atoms with van der Waals surface area (Å²) in [5, 5.41) is 13.4. The molecule has 1 aromatic rings. The number of nitrogens with one attached hydrogen (secondary N) is 1. The van der Waals surface area contributed by atoms with E-state index in [4.69, 9.17) is 5.11 Å². The van der Waals surface area contributed by atoms with Crippen LogP contribution in [0.15, 0.2) is 10.9 Å². The molecule has 0 spiro atoms. The molecule has 18 heavy (non-hydrogen) atoms. The highest BCUT2D eigenvalue weighted by molar-refractivity contribution is 7.07. The van der Waals surface area contributed by atoms with Gasteiger partial charge in [0.1, 0.15) is 0 Å². The van der Waals surface area contributed by atoms with E-state index in [-0.39, 0.29) is 18.4 Å². The van der Waals surface area contributed by atoms with Gasteiger partial charge in [-0.25, -0.2) is 9.78 Å². The maximum absolute atomic E-state index is 11.6. The van der Waals surface area contributed by atoms with Crippen LogP contribution in [0, 0.1) is 5.92 Å². The van der Waals surface area contributed by atoms with Gasteiger partial charge >= 0.3 is 12.0 Å². The second kappa shape index (κ2) is 5.81. The summed E-state index contributed by atoms with van der Waals surface area (Å²) in [6, 6.07) is -0.119. The van der Waals surface area contributed by atoms with E-state index in [9.17, 15) is 9.59 Å². The first kappa shape index (κ1) is 12.8. The first-order valence-corrected chi connectivity index (χ1v) is 6.71. The fourth-order valence-electron chi connectivity index (χ4n) is 1.88. The van der Waals surface area contributed by atoms with Crippen LogP contribution in [-0.4, -0.2) is 46.6 Å². The van der Waals surface area contributed by atoms with E-state index < -0.39 is 5.97 Å². The Morgan fingerprint density at radius 3 is 2.94 bits per heavy atom. The van der Waals surface area contributed by atoms with Gasteiger partial charge < -0.3 is 15.3 Å². The standard InChI is InChI=1S/C11H15N3O3S/c15-10(16)3-8-4-14(5-8)11(17)12-2-1-9-6-18-7-13-9/h6-8H,1-5H2,(H,12,17)(H,15,16). The highest BCUT2D eigenvalue weighted by Gasteiger charge is 2.31. The van der Waals surface area contributed by atoms with Crippen LogP contribution in [0.25, 0.3) is 0 Å². The molecule has 2 heterocycles. The number of carboxylic acids is 1. The Morgan fingerprint density at radius 1 is 1.56 bits per heavy atom. The third kappa shape index (κ3) is 3.43. The van der Waals surface area contributed by atoms with Gasteiger partial charge in [-0.2, -0.15) is 0 Å². The molecule has 0 unspecified atom stereocenters. The zero-order valence-electron chi connectivity index (χ0n) is 9.83. The molecule has 98 valence electrons. The molecule has 1 aromatic heterocycles. The number of carbonyl (C=O) groups is 2. The summed E-state index contributed by atoms with van der Waals surface area (Å²) in [5.41, 5.74) is 2.75. The van der Waals surface area contributed by atoms with Crippen molar-refractivity contribution in [2.24, 2.45) is 5.92 Å². The highest BCUT2D eigenvalue weighted by atomic mass is 32.1. The van der Waals surface area contributed by atoms with Crippen molar-refractivity contribution in [3.05, 3.63) is 16.6 Å². The van der Waals surface area contributed by atoms with Crippen LogP contribution >= 0.6 is 11.3 Å². The summed E-state index contributed by atoms with van der Waals surface area (Å²) in [5.74, 6) is -0.699. The predicted octanol–water partition coefficient (Wildman–Crippen LogP) is 0.802. The first-order chi connectivity index (χ1) is 8.65. The van der Waals surface area contributed by atoms with E-state index in [1.54, 1.807) is 10.4 Å². The van der Waals surface area contributed by atoms with Gasteiger partial charge in [-0.05, 0) is 0 Å². The van der Waals surface area contributed by atoms with Crippen molar-refractivity contribution >= 4 is 23.3 Å². The minimum atomic E-state index is -0.802. The van der Waals surface area contributed by atoms with Gasteiger partial charge in [-0.15, -0.1) is 11.3 Å². The summed E-state index contributed by atoms with van der Waals surface area (Å²) >= 11 is 1.54. The van der Waals surface area contributed by atoms with Crippen molar-refractivity contribution in [1.82, 2.24) is 15.2 Å². The second-order valence-corrected chi connectivity index (χ2v) is 5.05. The lowest BCUT2D eigenvalue weighted by Gasteiger charge is -2.38. The van der Waals surface area contributed by atoms with Gasteiger partial charge in [-0.3, -0.25) is 4.79 Å². The zero-order valence-corrected chi connectivity index (χ0v) is 10.7. The Labute approximate surface area is 109 Å². The molecule has 7 heteroatoms. The summed E-state index contributed by atoms with van der Waals surface area (Å²) in [6.07, 6.45) is 0.865. The second-order valence-electron chi connectivity index (χ2n) is 4.33.